The van der Waals surface area contributed by atoms with E-state index in [1.165, 1.54) is 18.2 Å². The number of halogens is 2. The van der Waals surface area contributed by atoms with Gasteiger partial charge in [-0.05, 0) is 51.8 Å². The molecule has 0 aliphatic carbocycles. The first-order valence-corrected chi connectivity index (χ1v) is 7.37. The maximum Gasteiger partial charge on any atom is 0.227 e. The van der Waals surface area contributed by atoms with Crippen molar-refractivity contribution in [3.05, 3.63) is 35.4 Å². The zero-order valence-electron chi connectivity index (χ0n) is 12.5. The Morgan fingerprint density at radius 1 is 1.43 bits per heavy atom. The summed E-state index contributed by atoms with van der Waals surface area (Å²) in [5.74, 6) is -1.19. The number of carbonyl (C=O) groups excluding carboxylic acids is 1. The monoisotopic (exact) mass is 296 g/mol. The minimum atomic E-state index is -0.568. The molecular weight excluding hydrogens is 274 g/mol. The summed E-state index contributed by atoms with van der Waals surface area (Å²) in [6.07, 6.45) is 1.93. The highest BCUT2D eigenvalue weighted by molar-refractivity contribution is 5.82. The van der Waals surface area contributed by atoms with Gasteiger partial charge in [-0.2, -0.15) is 0 Å². The van der Waals surface area contributed by atoms with E-state index in [0.29, 0.717) is 6.54 Å². The van der Waals surface area contributed by atoms with Gasteiger partial charge in [-0.3, -0.25) is 4.79 Å². The summed E-state index contributed by atoms with van der Waals surface area (Å²) < 4.78 is 27.2. The van der Waals surface area contributed by atoms with Gasteiger partial charge in [-0.25, -0.2) is 8.78 Å². The van der Waals surface area contributed by atoms with Crippen molar-refractivity contribution in [3.8, 4) is 0 Å². The molecular formula is C16H22F2N2O. The smallest absolute Gasteiger partial charge is 0.227 e. The third kappa shape index (κ3) is 3.79. The van der Waals surface area contributed by atoms with Gasteiger partial charge >= 0.3 is 0 Å². The average Bonchev–Trinajstić information content (AvgIpc) is 2.44. The number of amides is 1. The first kappa shape index (κ1) is 15.9. The number of hydrogen-bond donors (Lipinski definition) is 2. The molecule has 1 fully saturated rings. The quantitative estimate of drug-likeness (QED) is 0.896. The molecule has 0 saturated carbocycles. The summed E-state index contributed by atoms with van der Waals surface area (Å²) in [7, 11) is 0. The van der Waals surface area contributed by atoms with Crippen LogP contribution in [-0.4, -0.2) is 25.0 Å². The van der Waals surface area contributed by atoms with Gasteiger partial charge in [0.2, 0.25) is 5.91 Å². The number of piperidine rings is 1. The predicted octanol–water partition coefficient (Wildman–Crippen LogP) is 2.40. The van der Waals surface area contributed by atoms with E-state index in [1.807, 2.05) is 6.92 Å². The van der Waals surface area contributed by atoms with E-state index in [2.05, 4.69) is 10.6 Å². The van der Waals surface area contributed by atoms with Crippen LogP contribution in [0.25, 0.3) is 0 Å². The molecule has 3 nitrogen and oxygen atoms in total. The summed E-state index contributed by atoms with van der Waals surface area (Å²) >= 11 is 0. The van der Waals surface area contributed by atoms with E-state index in [4.69, 9.17) is 0 Å². The lowest BCUT2D eigenvalue weighted by molar-refractivity contribution is -0.131. The normalized spacial score (nSPS) is 23.6. The van der Waals surface area contributed by atoms with E-state index in [0.717, 1.165) is 19.4 Å². The van der Waals surface area contributed by atoms with Gasteiger partial charge in [0, 0.05) is 18.2 Å². The van der Waals surface area contributed by atoms with Crippen LogP contribution in [0.5, 0.6) is 0 Å². The topological polar surface area (TPSA) is 41.1 Å². The molecule has 1 saturated heterocycles. The molecule has 1 aliphatic rings. The minimum absolute atomic E-state index is 0.0252. The SMILES string of the molecule is CC(Cc1c(F)cccc1F)NC(=O)C1(C)CCCNC1. The van der Waals surface area contributed by atoms with Crippen molar-refractivity contribution in [2.24, 2.45) is 5.41 Å². The molecule has 2 N–H and O–H groups in total. The number of rotatable bonds is 4. The highest BCUT2D eigenvalue weighted by atomic mass is 19.1. The van der Waals surface area contributed by atoms with Crippen molar-refractivity contribution < 1.29 is 13.6 Å². The van der Waals surface area contributed by atoms with Crippen LogP contribution < -0.4 is 10.6 Å². The van der Waals surface area contributed by atoms with Crippen LogP contribution in [0.15, 0.2) is 18.2 Å². The maximum atomic E-state index is 13.6. The van der Waals surface area contributed by atoms with Crippen LogP contribution in [0.2, 0.25) is 0 Å². The summed E-state index contributed by atoms with van der Waals surface area (Å²) in [6.45, 7) is 5.26. The second-order valence-electron chi connectivity index (χ2n) is 6.12. The summed E-state index contributed by atoms with van der Waals surface area (Å²) in [5.41, 5.74) is -0.419. The number of hydrogen-bond acceptors (Lipinski definition) is 2. The van der Waals surface area contributed by atoms with Crippen LogP contribution in [0, 0.1) is 17.0 Å². The zero-order valence-corrected chi connectivity index (χ0v) is 12.5. The van der Waals surface area contributed by atoms with Gasteiger partial charge in [-0.1, -0.05) is 6.07 Å². The van der Waals surface area contributed by atoms with Crippen molar-refractivity contribution in [3.63, 3.8) is 0 Å². The molecule has 1 aliphatic heterocycles. The molecule has 1 aromatic carbocycles. The van der Waals surface area contributed by atoms with Crippen LogP contribution in [0.3, 0.4) is 0 Å². The number of nitrogens with one attached hydrogen (secondary N) is 2. The molecule has 5 heteroatoms. The van der Waals surface area contributed by atoms with Gasteiger partial charge in [0.05, 0.1) is 5.41 Å². The van der Waals surface area contributed by atoms with Crippen LogP contribution in [-0.2, 0) is 11.2 Å². The van der Waals surface area contributed by atoms with E-state index in [-0.39, 0.29) is 23.9 Å². The highest BCUT2D eigenvalue weighted by Crippen LogP contribution is 2.26. The molecule has 1 aromatic rings. The molecule has 0 spiro atoms. The largest absolute Gasteiger partial charge is 0.353 e. The fourth-order valence-electron chi connectivity index (χ4n) is 2.73. The Hall–Kier alpha value is -1.49. The predicted molar refractivity (Wildman–Crippen MR) is 77.9 cm³/mol. The Balaban J connectivity index is 1.98. The molecule has 0 radical (unpaired) electrons. The van der Waals surface area contributed by atoms with Crippen molar-refractivity contribution in [1.82, 2.24) is 10.6 Å². The molecule has 116 valence electrons. The lowest BCUT2D eigenvalue weighted by Gasteiger charge is -2.33. The fraction of sp³-hybridized carbons (Fsp3) is 0.562. The standard InChI is InChI=1S/C16H22F2N2O/c1-11(9-12-13(17)5-3-6-14(12)18)20-15(21)16(2)7-4-8-19-10-16/h3,5-6,11,19H,4,7-10H2,1-2H3,(H,20,21). The number of benzene rings is 1. The fourth-order valence-corrected chi connectivity index (χ4v) is 2.73. The van der Waals surface area contributed by atoms with E-state index in [9.17, 15) is 13.6 Å². The average molecular weight is 296 g/mol. The molecule has 0 aromatic heterocycles. The third-order valence-electron chi connectivity index (χ3n) is 4.09. The van der Waals surface area contributed by atoms with E-state index >= 15 is 0 Å². The lowest BCUT2D eigenvalue weighted by atomic mass is 9.81. The highest BCUT2D eigenvalue weighted by Gasteiger charge is 2.35. The Bertz CT molecular complexity index is 493. The molecule has 21 heavy (non-hydrogen) atoms. The third-order valence-corrected chi connectivity index (χ3v) is 4.09. The first-order chi connectivity index (χ1) is 9.92. The number of carbonyl (C=O) groups is 1. The van der Waals surface area contributed by atoms with E-state index in [1.54, 1.807) is 6.92 Å². The molecule has 2 atom stereocenters. The van der Waals surface area contributed by atoms with Gasteiger partial charge in [-0.15, -0.1) is 0 Å². The van der Waals surface area contributed by atoms with Crippen molar-refractivity contribution in [2.45, 2.75) is 39.2 Å². The Morgan fingerprint density at radius 2 is 2.10 bits per heavy atom. The first-order valence-electron chi connectivity index (χ1n) is 7.37. The molecule has 0 bridgehead atoms. The van der Waals surface area contributed by atoms with E-state index < -0.39 is 17.0 Å². The van der Waals surface area contributed by atoms with Crippen molar-refractivity contribution in [1.29, 1.82) is 0 Å². The minimum Gasteiger partial charge on any atom is -0.353 e. The van der Waals surface area contributed by atoms with Gasteiger partial charge in [0.15, 0.2) is 0 Å². The Morgan fingerprint density at radius 3 is 2.67 bits per heavy atom. The van der Waals surface area contributed by atoms with Crippen LogP contribution >= 0.6 is 0 Å². The maximum absolute atomic E-state index is 13.6. The second-order valence-corrected chi connectivity index (χ2v) is 6.12. The van der Waals surface area contributed by atoms with Gasteiger partial charge in [0.25, 0.3) is 0 Å². The lowest BCUT2D eigenvalue weighted by Crippen LogP contribution is -2.51. The molecule has 1 amide bonds. The van der Waals surface area contributed by atoms with Crippen LogP contribution in [0.1, 0.15) is 32.3 Å². The molecule has 1 heterocycles. The van der Waals surface area contributed by atoms with Crippen LogP contribution in [0.4, 0.5) is 8.78 Å². The van der Waals surface area contributed by atoms with Crippen molar-refractivity contribution in [2.75, 3.05) is 13.1 Å². The summed E-state index contributed by atoms with van der Waals surface area (Å²) in [5, 5.41) is 6.10. The Labute approximate surface area is 124 Å². The molecule has 2 rings (SSSR count). The summed E-state index contributed by atoms with van der Waals surface area (Å²) in [6, 6.07) is 3.49. The van der Waals surface area contributed by atoms with Crippen molar-refractivity contribution >= 4 is 5.91 Å². The summed E-state index contributed by atoms with van der Waals surface area (Å²) in [4.78, 5) is 12.4. The van der Waals surface area contributed by atoms with Gasteiger partial charge in [0.1, 0.15) is 11.6 Å². The molecule has 2 unspecified atom stereocenters. The van der Waals surface area contributed by atoms with Gasteiger partial charge < -0.3 is 10.6 Å². The Kier molecular flexibility index (Phi) is 4.93. The second kappa shape index (κ2) is 6.52. The zero-order chi connectivity index (χ0) is 15.5.